The fourth-order valence-electron chi connectivity index (χ4n) is 4.57. The van der Waals surface area contributed by atoms with Gasteiger partial charge in [0.25, 0.3) is 5.91 Å². The van der Waals surface area contributed by atoms with Gasteiger partial charge in [-0.25, -0.2) is 0 Å². The molecule has 1 aliphatic carbocycles. The minimum atomic E-state index is 0.194. The monoisotopic (exact) mass is 410 g/mol. The lowest BCUT2D eigenvalue weighted by Crippen LogP contribution is -2.48. The molecule has 29 heavy (non-hydrogen) atoms. The number of carbonyl (C=O) groups is 2. The van der Waals surface area contributed by atoms with Crippen molar-refractivity contribution in [2.75, 3.05) is 26.2 Å². The highest BCUT2D eigenvalue weighted by atomic mass is 32.1. The second-order valence-corrected chi connectivity index (χ2v) is 9.29. The van der Waals surface area contributed by atoms with Crippen LogP contribution in [0.1, 0.15) is 45.7 Å². The van der Waals surface area contributed by atoms with Crippen LogP contribution in [0, 0.1) is 5.92 Å². The molecule has 0 unspecified atom stereocenters. The maximum absolute atomic E-state index is 12.6. The molecular formula is C23H26N2O3S. The highest BCUT2D eigenvalue weighted by Gasteiger charge is 2.45. The average molecular weight is 411 g/mol. The zero-order valence-electron chi connectivity index (χ0n) is 16.5. The van der Waals surface area contributed by atoms with Gasteiger partial charge >= 0.3 is 0 Å². The van der Waals surface area contributed by atoms with Crippen LogP contribution in [0.4, 0.5) is 0 Å². The van der Waals surface area contributed by atoms with E-state index in [4.69, 9.17) is 4.74 Å². The molecule has 2 bridgehead atoms. The quantitative estimate of drug-likeness (QED) is 0.492. The molecule has 5 rings (SSSR count). The van der Waals surface area contributed by atoms with E-state index in [-0.39, 0.29) is 17.6 Å². The van der Waals surface area contributed by atoms with Crippen LogP contribution in [0.5, 0.6) is 5.75 Å². The first-order valence-electron chi connectivity index (χ1n) is 10.5. The summed E-state index contributed by atoms with van der Waals surface area (Å²) in [6.07, 6.45) is 4.13. The number of amides is 1. The van der Waals surface area contributed by atoms with Gasteiger partial charge in [0.2, 0.25) is 0 Å². The first kappa shape index (κ1) is 18.8. The number of benzene rings is 1. The van der Waals surface area contributed by atoms with Crippen LogP contribution in [0.2, 0.25) is 0 Å². The molecule has 1 aromatic carbocycles. The fourth-order valence-corrected chi connectivity index (χ4v) is 5.25. The third kappa shape index (κ3) is 3.96. The Morgan fingerprint density at radius 3 is 2.55 bits per heavy atom. The van der Waals surface area contributed by atoms with Gasteiger partial charge in [-0.05, 0) is 61.4 Å². The first-order chi connectivity index (χ1) is 14.2. The zero-order chi connectivity index (χ0) is 19.8. The van der Waals surface area contributed by atoms with Crippen LogP contribution in [0.25, 0.3) is 0 Å². The molecule has 2 atom stereocenters. The highest BCUT2D eigenvalue weighted by Crippen LogP contribution is 2.33. The minimum absolute atomic E-state index is 0.194. The summed E-state index contributed by atoms with van der Waals surface area (Å²) >= 11 is 1.53. The predicted molar refractivity (Wildman–Crippen MR) is 113 cm³/mol. The predicted octanol–water partition coefficient (Wildman–Crippen LogP) is 3.71. The second kappa shape index (κ2) is 7.92. The molecule has 3 aliphatic rings. The molecular weight excluding hydrogens is 384 g/mol. The average Bonchev–Trinajstić information content (AvgIpc) is 3.15. The number of ketones is 1. The van der Waals surface area contributed by atoms with Gasteiger partial charge in [0.15, 0.2) is 5.78 Å². The topological polar surface area (TPSA) is 49.9 Å². The molecule has 3 fully saturated rings. The molecule has 2 aliphatic heterocycles. The molecule has 1 aromatic heterocycles. The number of hydrogen-bond donors (Lipinski definition) is 0. The molecule has 2 aromatic rings. The molecule has 0 spiro atoms. The number of fused-ring (bicyclic) bond motifs is 2. The number of rotatable bonds is 8. The Hall–Kier alpha value is -2.18. The van der Waals surface area contributed by atoms with Gasteiger partial charge in [0.1, 0.15) is 5.75 Å². The zero-order valence-corrected chi connectivity index (χ0v) is 17.3. The van der Waals surface area contributed by atoms with Crippen molar-refractivity contribution in [3.63, 3.8) is 0 Å². The SMILES string of the molecule is O=C(c1ccc(OCCCN2C[C@@H]3C[C@H]2CN3C(=O)c2cccs2)cc1)C1CC1. The molecule has 3 heterocycles. The summed E-state index contributed by atoms with van der Waals surface area (Å²) in [7, 11) is 0. The number of carbonyl (C=O) groups excluding carboxylic acids is 2. The Morgan fingerprint density at radius 1 is 1.07 bits per heavy atom. The number of Topliss-reactive ketones (excluding diaryl/α,β-unsaturated/α-hetero) is 1. The maximum Gasteiger partial charge on any atom is 0.264 e. The van der Waals surface area contributed by atoms with Crippen LogP contribution in [0.15, 0.2) is 41.8 Å². The van der Waals surface area contributed by atoms with Crippen LogP contribution in [0.3, 0.4) is 0 Å². The van der Waals surface area contributed by atoms with Crippen molar-refractivity contribution >= 4 is 23.0 Å². The Balaban J connectivity index is 1.05. The lowest BCUT2D eigenvalue weighted by molar-refractivity contribution is 0.0623. The van der Waals surface area contributed by atoms with Crippen molar-refractivity contribution < 1.29 is 14.3 Å². The summed E-state index contributed by atoms with van der Waals surface area (Å²) in [5.74, 6) is 1.55. The van der Waals surface area contributed by atoms with E-state index in [2.05, 4.69) is 9.80 Å². The van der Waals surface area contributed by atoms with Crippen LogP contribution in [-0.4, -0.2) is 59.8 Å². The maximum atomic E-state index is 12.6. The fraction of sp³-hybridized carbons (Fsp3) is 0.478. The standard InChI is InChI=1S/C23H26N2O3S/c26-22(16-4-5-16)17-6-8-20(9-7-17)28-11-2-10-24-14-19-13-18(24)15-25(19)23(27)21-3-1-12-29-21/h1,3,6-9,12,16,18-19H,2,4-5,10-11,13-15H2/t18-,19-/m0/s1. The number of ether oxygens (including phenoxy) is 1. The van der Waals surface area contributed by atoms with Crippen LogP contribution in [-0.2, 0) is 0 Å². The van der Waals surface area contributed by atoms with Gasteiger partial charge in [0, 0.05) is 43.2 Å². The first-order valence-corrected chi connectivity index (χ1v) is 11.4. The Labute approximate surface area is 175 Å². The summed E-state index contributed by atoms with van der Waals surface area (Å²) < 4.78 is 5.86. The Kier molecular flexibility index (Phi) is 5.14. The van der Waals surface area contributed by atoms with Crippen LogP contribution < -0.4 is 4.74 Å². The van der Waals surface area contributed by atoms with Gasteiger partial charge in [-0.3, -0.25) is 14.5 Å². The van der Waals surface area contributed by atoms with Crippen molar-refractivity contribution in [2.45, 2.75) is 37.8 Å². The van der Waals surface area contributed by atoms with Crippen molar-refractivity contribution in [1.29, 1.82) is 0 Å². The highest BCUT2D eigenvalue weighted by molar-refractivity contribution is 7.12. The summed E-state index contributed by atoms with van der Waals surface area (Å²) in [6.45, 7) is 3.49. The normalized spacial score (nSPS) is 23.5. The van der Waals surface area contributed by atoms with Gasteiger partial charge in [-0.2, -0.15) is 0 Å². The number of likely N-dealkylation sites (tertiary alicyclic amines) is 2. The molecule has 1 saturated carbocycles. The largest absolute Gasteiger partial charge is 0.494 e. The van der Waals surface area contributed by atoms with E-state index in [0.717, 1.165) is 61.5 Å². The molecule has 0 radical (unpaired) electrons. The summed E-state index contributed by atoms with van der Waals surface area (Å²) in [5, 5.41) is 1.96. The van der Waals surface area contributed by atoms with Crippen molar-refractivity contribution in [2.24, 2.45) is 5.92 Å². The van der Waals surface area contributed by atoms with Gasteiger partial charge in [-0.15, -0.1) is 11.3 Å². The van der Waals surface area contributed by atoms with Crippen molar-refractivity contribution in [3.05, 3.63) is 52.2 Å². The number of hydrogen-bond acceptors (Lipinski definition) is 5. The third-order valence-electron chi connectivity index (χ3n) is 6.29. The molecule has 152 valence electrons. The lowest BCUT2D eigenvalue weighted by Gasteiger charge is -2.34. The summed E-state index contributed by atoms with van der Waals surface area (Å²) in [4.78, 5) is 30.1. The second-order valence-electron chi connectivity index (χ2n) is 8.34. The van der Waals surface area contributed by atoms with Gasteiger partial charge in [0.05, 0.1) is 11.5 Å². The van der Waals surface area contributed by atoms with E-state index < -0.39 is 0 Å². The van der Waals surface area contributed by atoms with E-state index in [9.17, 15) is 9.59 Å². The minimum Gasteiger partial charge on any atom is -0.494 e. The van der Waals surface area contributed by atoms with E-state index in [1.807, 2.05) is 41.8 Å². The van der Waals surface area contributed by atoms with Crippen LogP contribution >= 0.6 is 11.3 Å². The van der Waals surface area contributed by atoms with E-state index in [1.54, 1.807) is 0 Å². The van der Waals surface area contributed by atoms with Gasteiger partial charge < -0.3 is 9.64 Å². The Bertz CT molecular complexity index is 876. The summed E-state index contributed by atoms with van der Waals surface area (Å²) in [5.41, 5.74) is 0.801. The smallest absolute Gasteiger partial charge is 0.264 e. The molecule has 5 nitrogen and oxygen atoms in total. The molecule has 2 saturated heterocycles. The van der Waals surface area contributed by atoms with Crippen molar-refractivity contribution in [3.8, 4) is 5.75 Å². The number of piperazine rings is 1. The number of nitrogens with zero attached hydrogens (tertiary/aromatic N) is 2. The third-order valence-corrected chi connectivity index (χ3v) is 7.15. The van der Waals surface area contributed by atoms with E-state index in [0.29, 0.717) is 18.7 Å². The van der Waals surface area contributed by atoms with E-state index >= 15 is 0 Å². The van der Waals surface area contributed by atoms with Gasteiger partial charge in [-0.1, -0.05) is 6.07 Å². The summed E-state index contributed by atoms with van der Waals surface area (Å²) in [6, 6.07) is 12.3. The van der Waals surface area contributed by atoms with Crippen molar-refractivity contribution in [1.82, 2.24) is 9.80 Å². The molecule has 6 heteroatoms. The molecule has 0 N–H and O–H groups in total. The van der Waals surface area contributed by atoms with E-state index in [1.165, 1.54) is 11.3 Å². The lowest BCUT2D eigenvalue weighted by atomic mass is 10.1. The molecule has 1 amide bonds. The number of thiophene rings is 1. The Morgan fingerprint density at radius 2 is 1.90 bits per heavy atom.